The predicted molar refractivity (Wildman–Crippen MR) is 55.0 cm³/mol. The molecule has 0 fully saturated rings. The molecule has 3 nitrogen and oxygen atoms in total. The minimum atomic E-state index is -3.78. The van der Waals surface area contributed by atoms with E-state index in [2.05, 4.69) is 4.98 Å². The third-order valence-corrected chi connectivity index (χ3v) is 3.41. The summed E-state index contributed by atoms with van der Waals surface area (Å²) in [5, 5.41) is 0.0874. The lowest BCUT2D eigenvalue weighted by Gasteiger charge is -1.98. The minimum absolute atomic E-state index is 0.0874. The molecule has 0 aromatic carbocycles. The Hall–Kier alpha value is 0.410. The number of rotatable bonds is 1. The van der Waals surface area contributed by atoms with E-state index in [1.54, 1.807) is 0 Å². The lowest BCUT2D eigenvalue weighted by molar-refractivity contribution is 0.609. The fraction of sp³-hybridized carbons (Fsp3) is 0. The van der Waals surface area contributed by atoms with Crippen LogP contribution in [0.4, 0.5) is 0 Å². The molecule has 0 unspecified atom stereocenters. The van der Waals surface area contributed by atoms with Crippen molar-refractivity contribution in [3.8, 4) is 0 Å². The molecule has 0 N–H and O–H groups in total. The highest BCUT2D eigenvalue weighted by molar-refractivity contribution is 14.1. The van der Waals surface area contributed by atoms with Crippen molar-refractivity contribution >= 4 is 53.9 Å². The molecule has 1 rings (SSSR count). The maximum absolute atomic E-state index is 10.8. The molecule has 0 aliphatic rings. The number of halogens is 3. The molecule has 0 aliphatic heterocycles. The summed E-state index contributed by atoms with van der Waals surface area (Å²) in [6.45, 7) is 0. The van der Waals surface area contributed by atoms with Gasteiger partial charge in [0.05, 0.1) is 5.02 Å². The van der Waals surface area contributed by atoms with Gasteiger partial charge in [-0.05, 0) is 28.7 Å². The number of nitrogens with zero attached hydrogens (tertiary/aromatic N) is 1. The summed E-state index contributed by atoms with van der Waals surface area (Å²) in [7, 11) is 1.29. The lowest BCUT2D eigenvalue weighted by Crippen LogP contribution is -1.94. The Morgan fingerprint density at radius 3 is 2.50 bits per heavy atom. The van der Waals surface area contributed by atoms with Gasteiger partial charge in [-0.25, -0.2) is 13.4 Å². The first-order valence-electron chi connectivity index (χ1n) is 2.67. The van der Waals surface area contributed by atoms with Crippen molar-refractivity contribution in [1.82, 2.24) is 4.98 Å². The Morgan fingerprint density at radius 1 is 1.50 bits per heavy atom. The molecule has 1 aromatic rings. The fourth-order valence-electron chi connectivity index (χ4n) is 0.574. The van der Waals surface area contributed by atoms with Gasteiger partial charge >= 0.3 is 0 Å². The van der Waals surface area contributed by atoms with Crippen LogP contribution in [0.1, 0.15) is 0 Å². The molecule has 7 heteroatoms. The molecular formula is C5H2Cl2INO2S. The normalized spacial score (nSPS) is 11.6. The molecule has 1 aromatic heterocycles. The first kappa shape index (κ1) is 10.5. The van der Waals surface area contributed by atoms with Crippen molar-refractivity contribution in [2.45, 2.75) is 4.90 Å². The molecule has 0 bridgehead atoms. The van der Waals surface area contributed by atoms with E-state index < -0.39 is 9.05 Å². The van der Waals surface area contributed by atoms with Crippen LogP contribution >= 0.6 is 44.9 Å². The molecule has 0 atom stereocenters. The Balaban J connectivity index is 3.39. The second-order valence-corrected chi connectivity index (χ2v) is 5.92. The van der Waals surface area contributed by atoms with Gasteiger partial charge in [0.1, 0.15) is 8.60 Å². The maximum Gasteiger partial charge on any atom is 0.264 e. The highest BCUT2D eigenvalue weighted by atomic mass is 127. The summed E-state index contributed by atoms with van der Waals surface area (Å²) >= 11 is 7.52. The van der Waals surface area contributed by atoms with E-state index >= 15 is 0 Å². The third-order valence-electron chi connectivity index (χ3n) is 1.05. The van der Waals surface area contributed by atoms with Gasteiger partial charge in [-0.3, -0.25) is 0 Å². The molecule has 1 heterocycles. The van der Waals surface area contributed by atoms with Gasteiger partial charge in [-0.15, -0.1) is 0 Å². The van der Waals surface area contributed by atoms with Crippen LogP contribution in [0.15, 0.2) is 17.2 Å². The SMILES string of the molecule is O=S(=O)(Cl)c1cnc(I)cc1Cl. The number of aromatic nitrogens is 1. The van der Waals surface area contributed by atoms with E-state index in [0.717, 1.165) is 6.20 Å². The van der Waals surface area contributed by atoms with Crippen LogP contribution in [-0.4, -0.2) is 13.4 Å². The minimum Gasteiger partial charge on any atom is -0.249 e. The van der Waals surface area contributed by atoms with Crippen molar-refractivity contribution < 1.29 is 8.42 Å². The standard InChI is InChI=1S/C5H2Cl2INO2S/c6-3-1-5(8)9-2-4(3)12(7,10)11/h1-2H. The lowest BCUT2D eigenvalue weighted by atomic mass is 10.5. The zero-order chi connectivity index (χ0) is 9.35. The van der Waals surface area contributed by atoms with Crippen molar-refractivity contribution in [3.63, 3.8) is 0 Å². The Kier molecular flexibility index (Phi) is 3.19. The molecule has 0 spiro atoms. The van der Waals surface area contributed by atoms with Crippen molar-refractivity contribution in [3.05, 3.63) is 21.0 Å². The van der Waals surface area contributed by atoms with E-state index in [0.29, 0.717) is 3.70 Å². The topological polar surface area (TPSA) is 47.0 Å². The average Bonchev–Trinajstić information content (AvgIpc) is 1.83. The van der Waals surface area contributed by atoms with Crippen molar-refractivity contribution in [2.24, 2.45) is 0 Å². The molecule has 0 radical (unpaired) electrons. The summed E-state index contributed by atoms with van der Waals surface area (Å²) in [5.41, 5.74) is 0. The zero-order valence-electron chi connectivity index (χ0n) is 5.46. The van der Waals surface area contributed by atoms with Gasteiger partial charge < -0.3 is 0 Å². The zero-order valence-corrected chi connectivity index (χ0v) is 9.95. The van der Waals surface area contributed by atoms with Gasteiger partial charge in [-0.1, -0.05) is 11.6 Å². The van der Waals surface area contributed by atoms with Crippen LogP contribution in [0.3, 0.4) is 0 Å². The number of pyridine rings is 1. The first-order valence-corrected chi connectivity index (χ1v) is 6.43. The summed E-state index contributed by atoms with van der Waals surface area (Å²) < 4.78 is 22.2. The summed E-state index contributed by atoms with van der Waals surface area (Å²) in [6.07, 6.45) is 1.13. The van der Waals surface area contributed by atoms with Gasteiger partial charge in [0.2, 0.25) is 0 Å². The summed E-state index contributed by atoms with van der Waals surface area (Å²) in [5.74, 6) is 0. The monoisotopic (exact) mass is 337 g/mol. The van der Waals surface area contributed by atoms with Crippen molar-refractivity contribution in [2.75, 3.05) is 0 Å². The molecule has 0 saturated carbocycles. The molecular weight excluding hydrogens is 336 g/mol. The van der Waals surface area contributed by atoms with E-state index in [1.165, 1.54) is 6.07 Å². The first-order chi connectivity index (χ1) is 5.41. The molecule has 66 valence electrons. The van der Waals surface area contributed by atoms with Crippen LogP contribution in [0.2, 0.25) is 5.02 Å². The van der Waals surface area contributed by atoms with E-state index in [-0.39, 0.29) is 9.92 Å². The van der Waals surface area contributed by atoms with E-state index in [4.69, 9.17) is 22.3 Å². The highest BCUT2D eigenvalue weighted by Crippen LogP contribution is 2.24. The van der Waals surface area contributed by atoms with E-state index in [1.807, 2.05) is 22.6 Å². The van der Waals surface area contributed by atoms with Crippen LogP contribution < -0.4 is 0 Å². The van der Waals surface area contributed by atoms with Gasteiger partial charge in [0, 0.05) is 16.9 Å². The largest absolute Gasteiger partial charge is 0.264 e. The van der Waals surface area contributed by atoms with E-state index in [9.17, 15) is 8.42 Å². The van der Waals surface area contributed by atoms with Gasteiger partial charge in [0.25, 0.3) is 9.05 Å². The predicted octanol–water partition coefficient (Wildman–Crippen LogP) is 2.27. The average molecular weight is 338 g/mol. The van der Waals surface area contributed by atoms with Gasteiger partial charge in [0.15, 0.2) is 0 Å². The summed E-state index contributed by atoms with van der Waals surface area (Å²) in [6, 6.07) is 1.43. The van der Waals surface area contributed by atoms with Gasteiger partial charge in [-0.2, -0.15) is 0 Å². The van der Waals surface area contributed by atoms with Crippen LogP contribution in [0.25, 0.3) is 0 Å². The van der Waals surface area contributed by atoms with Crippen LogP contribution in [0, 0.1) is 3.70 Å². The van der Waals surface area contributed by atoms with Crippen LogP contribution in [-0.2, 0) is 9.05 Å². The molecule has 0 aliphatic carbocycles. The van der Waals surface area contributed by atoms with Crippen LogP contribution in [0.5, 0.6) is 0 Å². The Bertz CT molecular complexity index is 406. The summed E-state index contributed by atoms with van der Waals surface area (Å²) in [4.78, 5) is 3.58. The highest BCUT2D eigenvalue weighted by Gasteiger charge is 2.14. The maximum atomic E-state index is 10.8. The second-order valence-electron chi connectivity index (χ2n) is 1.88. The quantitative estimate of drug-likeness (QED) is 0.448. The number of hydrogen-bond donors (Lipinski definition) is 0. The molecule has 0 amide bonds. The smallest absolute Gasteiger partial charge is 0.249 e. The second kappa shape index (κ2) is 3.65. The molecule has 0 saturated heterocycles. The third kappa shape index (κ3) is 2.45. The Labute approximate surface area is 92.6 Å². The Morgan fingerprint density at radius 2 is 2.08 bits per heavy atom. The number of hydrogen-bond acceptors (Lipinski definition) is 3. The fourth-order valence-corrected chi connectivity index (χ4v) is 2.62. The molecule has 12 heavy (non-hydrogen) atoms. The van der Waals surface area contributed by atoms with Crippen molar-refractivity contribution in [1.29, 1.82) is 0 Å².